The molecule has 1 fully saturated rings. The van der Waals surface area contributed by atoms with Crippen LogP contribution in [0.1, 0.15) is 31.6 Å². The highest BCUT2D eigenvalue weighted by Crippen LogP contribution is 2.16. The topological polar surface area (TPSA) is 71.2 Å². The van der Waals surface area contributed by atoms with Crippen molar-refractivity contribution >= 4 is 5.91 Å². The molecule has 0 spiro atoms. The minimum absolute atomic E-state index is 0.0759. The largest absolute Gasteiger partial charge is 0.388 e. The van der Waals surface area contributed by atoms with Gasteiger partial charge < -0.3 is 14.6 Å². The van der Waals surface area contributed by atoms with Crippen LogP contribution in [0.3, 0.4) is 0 Å². The summed E-state index contributed by atoms with van der Waals surface area (Å²) in [7, 11) is 0. The molecule has 1 saturated heterocycles. The Morgan fingerprint density at radius 1 is 1.56 bits per heavy atom. The van der Waals surface area contributed by atoms with Crippen LogP contribution in [0.15, 0.2) is 6.33 Å². The first kappa shape index (κ1) is 11.1. The van der Waals surface area contributed by atoms with Crippen molar-refractivity contribution in [3.05, 3.63) is 12.2 Å². The van der Waals surface area contributed by atoms with E-state index in [1.807, 2.05) is 11.8 Å². The van der Waals surface area contributed by atoms with Crippen LogP contribution in [-0.2, 0) is 11.4 Å². The van der Waals surface area contributed by atoms with E-state index in [1.165, 1.54) is 6.33 Å². The van der Waals surface area contributed by atoms with E-state index in [-0.39, 0.29) is 18.6 Å². The summed E-state index contributed by atoms with van der Waals surface area (Å²) in [4.78, 5) is 13.9. The maximum absolute atomic E-state index is 12.1. The fourth-order valence-corrected chi connectivity index (χ4v) is 2.02. The van der Waals surface area contributed by atoms with E-state index in [0.717, 1.165) is 25.9 Å². The van der Waals surface area contributed by atoms with Gasteiger partial charge in [-0.3, -0.25) is 4.79 Å². The fraction of sp³-hybridized carbons (Fsp3) is 0.700. The second-order valence-electron chi connectivity index (χ2n) is 4.02. The van der Waals surface area contributed by atoms with Crippen molar-refractivity contribution in [2.24, 2.45) is 0 Å². The van der Waals surface area contributed by atoms with Crippen molar-refractivity contribution < 1.29 is 9.90 Å². The summed E-state index contributed by atoms with van der Waals surface area (Å²) in [5.41, 5.74) is 0. The molecule has 1 aromatic rings. The summed E-state index contributed by atoms with van der Waals surface area (Å²) >= 11 is 0. The molecule has 2 heterocycles. The summed E-state index contributed by atoms with van der Waals surface area (Å²) < 4.78 is 1.63. The summed E-state index contributed by atoms with van der Waals surface area (Å²) in [6, 6.07) is -0.338. The minimum atomic E-state index is -0.338. The number of carbonyl (C=O) groups is 1. The molecule has 0 aromatic carbocycles. The highest BCUT2D eigenvalue weighted by atomic mass is 16.3. The van der Waals surface area contributed by atoms with E-state index < -0.39 is 0 Å². The minimum Gasteiger partial charge on any atom is -0.388 e. The second-order valence-corrected chi connectivity index (χ2v) is 4.02. The lowest BCUT2D eigenvalue weighted by Crippen LogP contribution is -2.34. The van der Waals surface area contributed by atoms with Crippen LogP contribution in [-0.4, -0.2) is 43.8 Å². The molecule has 88 valence electrons. The van der Waals surface area contributed by atoms with E-state index in [1.54, 1.807) is 4.57 Å². The van der Waals surface area contributed by atoms with Crippen LogP contribution in [0.5, 0.6) is 0 Å². The molecule has 16 heavy (non-hydrogen) atoms. The summed E-state index contributed by atoms with van der Waals surface area (Å²) in [6.45, 7) is 3.28. The Morgan fingerprint density at radius 2 is 2.25 bits per heavy atom. The number of hydrogen-bond donors (Lipinski definition) is 1. The summed E-state index contributed by atoms with van der Waals surface area (Å²) in [5.74, 6) is 0.507. The Kier molecular flexibility index (Phi) is 3.19. The van der Waals surface area contributed by atoms with Crippen molar-refractivity contribution in [1.82, 2.24) is 19.7 Å². The molecule has 0 radical (unpaired) electrons. The number of carbonyl (C=O) groups excluding carboxylic acids is 1. The third-order valence-corrected chi connectivity index (χ3v) is 2.98. The monoisotopic (exact) mass is 224 g/mol. The molecule has 1 N–H and O–H groups in total. The summed E-state index contributed by atoms with van der Waals surface area (Å²) in [5, 5.41) is 16.5. The Labute approximate surface area is 93.9 Å². The average molecular weight is 224 g/mol. The van der Waals surface area contributed by atoms with Gasteiger partial charge in [-0.15, -0.1) is 10.2 Å². The Morgan fingerprint density at radius 3 is 2.88 bits per heavy atom. The van der Waals surface area contributed by atoms with Gasteiger partial charge in [0.2, 0.25) is 5.91 Å². The fourth-order valence-electron chi connectivity index (χ4n) is 2.02. The molecule has 0 aliphatic carbocycles. The first-order valence-electron chi connectivity index (χ1n) is 5.52. The van der Waals surface area contributed by atoms with Gasteiger partial charge in [-0.05, 0) is 19.8 Å². The van der Waals surface area contributed by atoms with Crippen LogP contribution < -0.4 is 0 Å². The van der Waals surface area contributed by atoms with E-state index >= 15 is 0 Å². The molecular formula is C10H16N4O2. The maximum Gasteiger partial charge on any atom is 0.245 e. The van der Waals surface area contributed by atoms with Gasteiger partial charge in [0.15, 0.2) is 5.82 Å². The molecule has 1 aromatic heterocycles. The van der Waals surface area contributed by atoms with Gasteiger partial charge in [0.25, 0.3) is 0 Å². The quantitative estimate of drug-likeness (QED) is 0.781. The van der Waals surface area contributed by atoms with Crippen molar-refractivity contribution in [2.75, 3.05) is 13.1 Å². The van der Waals surface area contributed by atoms with Crippen LogP contribution in [0.2, 0.25) is 0 Å². The Balaban J connectivity index is 2.11. The van der Waals surface area contributed by atoms with E-state index in [2.05, 4.69) is 10.2 Å². The molecule has 1 amide bonds. The predicted molar refractivity (Wildman–Crippen MR) is 56.5 cm³/mol. The number of likely N-dealkylation sites (tertiary alicyclic amines) is 1. The van der Waals surface area contributed by atoms with Crippen molar-refractivity contribution in [3.63, 3.8) is 0 Å². The smallest absolute Gasteiger partial charge is 0.245 e. The molecule has 1 atom stereocenters. The number of aliphatic hydroxyl groups is 1. The van der Waals surface area contributed by atoms with Gasteiger partial charge in [-0.25, -0.2) is 0 Å². The van der Waals surface area contributed by atoms with Gasteiger partial charge in [0.05, 0.1) is 0 Å². The van der Waals surface area contributed by atoms with Crippen molar-refractivity contribution in [1.29, 1.82) is 0 Å². The van der Waals surface area contributed by atoms with Crippen molar-refractivity contribution in [2.45, 2.75) is 32.4 Å². The third-order valence-electron chi connectivity index (χ3n) is 2.98. The molecule has 1 aliphatic heterocycles. The first-order chi connectivity index (χ1) is 7.74. The van der Waals surface area contributed by atoms with Gasteiger partial charge >= 0.3 is 0 Å². The van der Waals surface area contributed by atoms with Gasteiger partial charge in [0.1, 0.15) is 19.0 Å². The number of rotatable bonds is 3. The lowest BCUT2D eigenvalue weighted by Gasteiger charge is -2.21. The number of hydrogen-bond acceptors (Lipinski definition) is 4. The molecule has 1 unspecified atom stereocenters. The highest BCUT2D eigenvalue weighted by Gasteiger charge is 2.25. The SMILES string of the molecule is CC(C(=O)N1CCCC1)n1cnnc1CO. The molecule has 0 bridgehead atoms. The average Bonchev–Trinajstić information content (AvgIpc) is 2.97. The standard InChI is InChI=1S/C10H16N4O2/c1-8(10(16)13-4-2-3-5-13)14-7-11-12-9(14)6-15/h7-8,15H,2-6H2,1H3. The zero-order valence-electron chi connectivity index (χ0n) is 9.33. The molecule has 6 heteroatoms. The highest BCUT2D eigenvalue weighted by molar-refractivity contribution is 5.80. The van der Waals surface area contributed by atoms with Crippen LogP contribution >= 0.6 is 0 Å². The van der Waals surface area contributed by atoms with Crippen LogP contribution in [0.4, 0.5) is 0 Å². The Hall–Kier alpha value is -1.43. The molecular weight excluding hydrogens is 208 g/mol. The second kappa shape index (κ2) is 4.61. The molecule has 6 nitrogen and oxygen atoms in total. The van der Waals surface area contributed by atoms with E-state index in [0.29, 0.717) is 5.82 Å². The van der Waals surface area contributed by atoms with Gasteiger partial charge in [-0.1, -0.05) is 0 Å². The van der Waals surface area contributed by atoms with Crippen molar-refractivity contribution in [3.8, 4) is 0 Å². The molecule has 2 rings (SSSR count). The lowest BCUT2D eigenvalue weighted by molar-refractivity contribution is -0.133. The maximum atomic E-state index is 12.1. The molecule has 0 saturated carbocycles. The number of nitrogens with zero attached hydrogens (tertiary/aromatic N) is 4. The van der Waals surface area contributed by atoms with Gasteiger partial charge in [0, 0.05) is 13.1 Å². The van der Waals surface area contributed by atoms with Crippen LogP contribution in [0.25, 0.3) is 0 Å². The third kappa shape index (κ3) is 1.92. The predicted octanol–water partition coefficient (Wildman–Crippen LogP) is -0.0462. The van der Waals surface area contributed by atoms with E-state index in [9.17, 15) is 4.79 Å². The number of amides is 1. The Bertz CT molecular complexity index is 371. The van der Waals surface area contributed by atoms with E-state index in [4.69, 9.17) is 5.11 Å². The lowest BCUT2D eigenvalue weighted by atomic mass is 10.3. The molecule has 1 aliphatic rings. The summed E-state index contributed by atoms with van der Waals surface area (Å²) in [6.07, 6.45) is 3.64. The normalized spacial score (nSPS) is 17.8. The zero-order valence-corrected chi connectivity index (χ0v) is 9.33. The zero-order chi connectivity index (χ0) is 11.5. The van der Waals surface area contributed by atoms with Gasteiger partial charge in [-0.2, -0.15) is 0 Å². The number of aliphatic hydroxyl groups excluding tert-OH is 1. The van der Waals surface area contributed by atoms with Crippen LogP contribution in [0, 0.1) is 0 Å². The number of aromatic nitrogens is 3. The first-order valence-corrected chi connectivity index (χ1v) is 5.52.